The number of carbonyl (C=O) groups is 2. The van der Waals surface area contributed by atoms with Crippen molar-refractivity contribution in [2.75, 3.05) is 23.7 Å². The van der Waals surface area contributed by atoms with Crippen LogP contribution in [0.2, 0.25) is 0 Å². The van der Waals surface area contributed by atoms with E-state index in [1.54, 1.807) is 11.8 Å². The highest BCUT2D eigenvalue weighted by atomic mass is 32.2. The molecule has 7 nitrogen and oxygen atoms in total. The molecule has 0 spiro atoms. The number of aliphatic carboxylic acids is 1. The van der Waals surface area contributed by atoms with Crippen molar-refractivity contribution in [3.8, 4) is 0 Å². The molecule has 3 unspecified atom stereocenters. The van der Waals surface area contributed by atoms with Crippen LogP contribution in [0.4, 0.5) is 14.6 Å². The van der Waals surface area contributed by atoms with Gasteiger partial charge in [-0.2, -0.15) is 8.78 Å². The van der Waals surface area contributed by atoms with Crippen LogP contribution in [-0.2, 0) is 9.53 Å². The van der Waals surface area contributed by atoms with E-state index in [4.69, 9.17) is 14.8 Å². The van der Waals surface area contributed by atoms with Crippen molar-refractivity contribution < 1.29 is 28.2 Å². The Morgan fingerprint density at radius 3 is 2.69 bits per heavy atom. The molecular weight excluding hydrogens is 488 g/mol. The van der Waals surface area contributed by atoms with Crippen molar-refractivity contribution >= 4 is 29.5 Å². The monoisotopic (exact) mass is 523 g/mol. The van der Waals surface area contributed by atoms with Crippen molar-refractivity contribution in [2.45, 2.75) is 81.6 Å². The number of thioether (sulfide) groups is 1. The molecule has 1 aliphatic heterocycles. The minimum Gasteiger partial charge on any atom is -0.481 e. The molecule has 1 aromatic heterocycles. The van der Waals surface area contributed by atoms with Crippen LogP contribution in [0.5, 0.6) is 0 Å². The first kappa shape index (κ1) is 25.7. The molecular formula is C26H35F2N3O4S. The fourth-order valence-electron chi connectivity index (χ4n) is 7.29. The highest BCUT2D eigenvalue weighted by Gasteiger charge is 2.57. The fraction of sp³-hybridized carbons (Fsp3) is 0.731. The lowest BCUT2D eigenvalue weighted by Gasteiger charge is -2.59. The summed E-state index contributed by atoms with van der Waals surface area (Å²) in [4.78, 5) is 31.5. The molecule has 4 aliphatic carbocycles. The first-order chi connectivity index (χ1) is 17.2. The number of ether oxygens (including phenoxy) is 1. The average Bonchev–Trinajstić information content (AvgIpc) is 3.26. The van der Waals surface area contributed by atoms with E-state index in [1.165, 1.54) is 0 Å². The number of hydrogen-bond donors (Lipinski definition) is 2. The lowest BCUT2D eigenvalue weighted by molar-refractivity contribution is -0.260. The van der Waals surface area contributed by atoms with Gasteiger partial charge in [-0.05, 0) is 86.5 Å². The summed E-state index contributed by atoms with van der Waals surface area (Å²) in [5.74, 6) is 1.50. The summed E-state index contributed by atoms with van der Waals surface area (Å²) in [5.41, 5.74) is -0.184. The predicted octanol–water partition coefficient (Wildman–Crippen LogP) is 4.80. The molecule has 1 aromatic rings. The third-order valence-corrected chi connectivity index (χ3v) is 9.66. The van der Waals surface area contributed by atoms with Crippen molar-refractivity contribution in [1.82, 2.24) is 10.3 Å². The van der Waals surface area contributed by atoms with E-state index in [9.17, 15) is 18.4 Å². The minimum atomic E-state index is -2.76. The molecule has 5 fully saturated rings. The zero-order chi connectivity index (χ0) is 25.4. The number of alkyl halides is 2. The molecule has 10 heteroatoms. The Kier molecular flexibility index (Phi) is 7.45. The Labute approximate surface area is 214 Å². The van der Waals surface area contributed by atoms with Gasteiger partial charge < -0.3 is 20.1 Å². The standard InChI is InChI=1S/C26H35F2N3O4S/c1-2-7-36-24-19(3-4-20(29-24)31-6-5-15(14-31)10-21(32)33)23(34)30-22-17-8-16-9-18(22)13-26(11-16,12-17)35-25(27)28/h3-4,15-18,22,25H,2,5-14H2,1H3,(H,30,34)(H,32,33). The van der Waals surface area contributed by atoms with Crippen molar-refractivity contribution in [2.24, 2.45) is 23.7 Å². The fourth-order valence-corrected chi connectivity index (χ4v) is 8.16. The van der Waals surface area contributed by atoms with Gasteiger partial charge in [-0.3, -0.25) is 9.59 Å². The molecule has 198 valence electrons. The van der Waals surface area contributed by atoms with Gasteiger partial charge in [-0.25, -0.2) is 4.98 Å². The van der Waals surface area contributed by atoms with Crippen LogP contribution >= 0.6 is 11.8 Å². The SMILES string of the molecule is CCCSc1nc(N2CCC(CC(=O)O)C2)ccc1C(=O)NC1C2CC3CC1CC(OC(F)F)(C3)C2. The van der Waals surface area contributed by atoms with Gasteiger partial charge in [0.25, 0.3) is 5.91 Å². The van der Waals surface area contributed by atoms with E-state index < -0.39 is 18.2 Å². The molecule has 4 bridgehead atoms. The number of halogens is 2. The second kappa shape index (κ2) is 10.4. The number of pyridine rings is 1. The van der Waals surface area contributed by atoms with E-state index >= 15 is 0 Å². The Hall–Kier alpha value is -1.94. The molecule has 4 saturated carbocycles. The van der Waals surface area contributed by atoms with Crippen molar-refractivity contribution in [1.29, 1.82) is 0 Å². The average molecular weight is 524 g/mol. The summed E-state index contributed by atoms with van der Waals surface area (Å²) in [6.07, 6.45) is 5.69. The van der Waals surface area contributed by atoms with E-state index in [0.29, 0.717) is 42.3 Å². The maximum absolute atomic E-state index is 13.5. The number of amides is 1. The second-order valence-electron chi connectivity index (χ2n) is 11.1. The Bertz CT molecular complexity index is 976. The lowest BCUT2D eigenvalue weighted by Crippen LogP contribution is -2.62. The molecule has 2 heterocycles. The smallest absolute Gasteiger partial charge is 0.345 e. The predicted molar refractivity (Wildman–Crippen MR) is 132 cm³/mol. The highest BCUT2D eigenvalue weighted by Crippen LogP contribution is 2.57. The van der Waals surface area contributed by atoms with Gasteiger partial charge in [0.05, 0.1) is 11.2 Å². The van der Waals surface area contributed by atoms with E-state index in [1.807, 2.05) is 12.1 Å². The van der Waals surface area contributed by atoms with Crippen LogP contribution in [0.3, 0.4) is 0 Å². The third-order valence-electron chi connectivity index (χ3n) is 8.46. The summed E-state index contributed by atoms with van der Waals surface area (Å²) in [7, 11) is 0. The van der Waals surface area contributed by atoms with Crippen LogP contribution in [-0.4, -0.2) is 59.1 Å². The number of aromatic nitrogens is 1. The molecule has 1 amide bonds. The van der Waals surface area contributed by atoms with Crippen molar-refractivity contribution in [3.05, 3.63) is 17.7 Å². The van der Waals surface area contributed by atoms with Crippen LogP contribution < -0.4 is 10.2 Å². The number of anilines is 1. The first-order valence-electron chi connectivity index (χ1n) is 13.1. The lowest BCUT2D eigenvalue weighted by atomic mass is 9.52. The maximum atomic E-state index is 13.5. The molecule has 6 rings (SSSR count). The van der Waals surface area contributed by atoms with Gasteiger partial charge in [-0.15, -0.1) is 11.8 Å². The summed E-state index contributed by atoms with van der Waals surface area (Å²) in [6, 6.07) is 3.66. The molecule has 0 radical (unpaired) electrons. The van der Waals surface area contributed by atoms with Gasteiger partial charge >= 0.3 is 12.6 Å². The Balaban J connectivity index is 1.30. The van der Waals surface area contributed by atoms with Crippen LogP contribution in [0.25, 0.3) is 0 Å². The third kappa shape index (κ3) is 5.35. The normalized spacial score (nSPS) is 32.9. The summed E-state index contributed by atoms with van der Waals surface area (Å²) < 4.78 is 31.4. The van der Waals surface area contributed by atoms with Gasteiger partial charge in [0, 0.05) is 25.6 Å². The van der Waals surface area contributed by atoms with Crippen LogP contribution in [0, 0.1) is 23.7 Å². The Morgan fingerprint density at radius 2 is 2.03 bits per heavy atom. The number of nitrogens with one attached hydrogen (secondary N) is 1. The zero-order valence-electron chi connectivity index (χ0n) is 20.6. The van der Waals surface area contributed by atoms with E-state index in [0.717, 1.165) is 43.8 Å². The summed E-state index contributed by atoms with van der Waals surface area (Å²) in [6.45, 7) is 0.729. The summed E-state index contributed by atoms with van der Waals surface area (Å²) in [5, 5.41) is 13.1. The quantitative estimate of drug-likeness (QED) is 0.426. The first-order valence-corrected chi connectivity index (χ1v) is 14.1. The maximum Gasteiger partial charge on any atom is 0.345 e. The molecule has 5 aliphatic rings. The number of carboxylic acids is 1. The number of rotatable bonds is 10. The topological polar surface area (TPSA) is 91.8 Å². The largest absolute Gasteiger partial charge is 0.481 e. The number of carbonyl (C=O) groups excluding carboxylic acids is 1. The van der Waals surface area contributed by atoms with Crippen LogP contribution in [0.15, 0.2) is 17.2 Å². The molecule has 1 saturated heterocycles. The van der Waals surface area contributed by atoms with Gasteiger partial charge in [0.15, 0.2) is 0 Å². The van der Waals surface area contributed by atoms with Crippen LogP contribution in [0.1, 0.15) is 68.6 Å². The van der Waals surface area contributed by atoms with Crippen molar-refractivity contribution in [3.63, 3.8) is 0 Å². The Morgan fingerprint density at radius 1 is 1.28 bits per heavy atom. The minimum absolute atomic E-state index is 0.0255. The van der Waals surface area contributed by atoms with Gasteiger partial charge in [0.1, 0.15) is 10.8 Å². The molecule has 2 N–H and O–H groups in total. The highest BCUT2D eigenvalue weighted by molar-refractivity contribution is 7.99. The van der Waals surface area contributed by atoms with E-state index in [-0.39, 0.29) is 36.1 Å². The summed E-state index contributed by atoms with van der Waals surface area (Å²) >= 11 is 1.56. The van der Waals surface area contributed by atoms with Gasteiger partial charge in [-0.1, -0.05) is 6.92 Å². The molecule has 36 heavy (non-hydrogen) atoms. The zero-order valence-corrected chi connectivity index (χ0v) is 21.4. The number of hydrogen-bond acceptors (Lipinski definition) is 6. The second-order valence-corrected chi connectivity index (χ2v) is 12.2. The van der Waals surface area contributed by atoms with E-state index in [2.05, 4.69) is 17.1 Å². The molecule has 3 atom stereocenters. The molecule has 0 aromatic carbocycles. The number of nitrogens with zero attached hydrogens (tertiary/aromatic N) is 2. The van der Waals surface area contributed by atoms with Gasteiger partial charge in [0.2, 0.25) is 0 Å². The number of carboxylic acid groups (broad SMARTS) is 1.